The number of aromatic nitrogens is 4. The highest BCUT2D eigenvalue weighted by atomic mass is 32.1. The number of rotatable bonds is 7. The van der Waals surface area contributed by atoms with Crippen molar-refractivity contribution in [1.82, 2.24) is 19.7 Å². The van der Waals surface area contributed by atoms with Gasteiger partial charge in [0.2, 0.25) is 5.91 Å². The van der Waals surface area contributed by atoms with Crippen LogP contribution in [-0.4, -0.2) is 31.6 Å². The van der Waals surface area contributed by atoms with E-state index in [1.165, 1.54) is 41.9 Å². The molecule has 0 saturated heterocycles. The van der Waals surface area contributed by atoms with Crippen LogP contribution in [0.5, 0.6) is 11.5 Å². The Bertz CT molecular complexity index is 1660. The minimum atomic E-state index is -0.741. The van der Waals surface area contributed by atoms with E-state index >= 15 is 0 Å². The lowest BCUT2D eigenvalue weighted by molar-refractivity contribution is -0.115. The maximum atomic E-state index is 14.7. The first-order valence-electron chi connectivity index (χ1n) is 11.2. The Labute approximate surface area is 214 Å². The number of thiazole rings is 1. The van der Waals surface area contributed by atoms with Crippen LogP contribution in [0.2, 0.25) is 0 Å². The zero-order valence-corrected chi connectivity index (χ0v) is 20.7. The van der Waals surface area contributed by atoms with Gasteiger partial charge in [-0.3, -0.25) is 19.3 Å². The SMILES string of the molecule is Cc1nn(C)cc1-c1ccc2sc(NC(=O)Cc3ccc(Oc4ccncc4C(N)=O)c(F)c3)nc2c1. The molecule has 0 aliphatic rings. The number of nitrogens with zero attached hydrogens (tertiary/aromatic N) is 4. The standard InChI is InChI=1S/C26H21FN6O3S/c1-14-18(13-33(2)32-14)16-4-6-23-20(11-16)30-26(37-23)31-24(34)10-15-3-5-22(19(27)9-15)36-21-7-8-29-12-17(21)25(28)35/h3-9,11-13H,10H2,1-2H3,(H2,28,35)(H,30,31,34). The van der Waals surface area contributed by atoms with Crippen LogP contribution in [0.3, 0.4) is 0 Å². The van der Waals surface area contributed by atoms with Gasteiger partial charge in [0.05, 0.1) is 22.3 Å². The van der Waals surface area contributed by atoms with E-state index in [9.17, 15) is 14.0 Å². The molecule has 2 aromatic carbocycles. The van der Waals surface area contributed by atoms with Crippen molar-refractivity contribution in [3.63, 3.8) is 0 Å². The van der Waals surface area contributed by atoms with Crippen molar-refractivity contribution in [1.29, 1.82) is 0 Å². The average molecular weight is 517 g/mol. The number of aryl methyl sites for hydroxylation is 2. The maximum absolute atomic E-state index is 14.7. The first-order chi connectivity index (χ1) is 17.8. The normalized spacial score (nSPS) is 11.0. The van der Waals surface area contributed by atoms with Crippen molar-refractivity contribution in [2.24, 2.45) is 12.8 Å². The largest absolute Gasteiger partial charge is 0.453 e. The van der Waals surface area contributed by atoms with Crippen LogP contribution < -0.4 is 15.8 Å². The molecule has 0 unspecified atom stereocenters. The van der Waals surface area contributed by atoms with Crippen molar-refractivity contribution < 1.29 is 18.7 Å². The molecule has 37 heavy (non-hydrogen) atoms. The summed E-state index contributed by atoms with van der Waals surface area (Å²) >= 11 is 1.36. The summed E-state index contributed by atoms with van der Waals surface area (Å²) in [4.78, 5) is 32.5. The van der Waals surface area contributed by atoms with Crippen LogP contribution in [-0.2, 0) is 18.3 Å². The van der Waals surface area contributed by atoms with Gasteiger partial charge in [-0.05, 0) is 48.4 Å². The number of carbonyl (C=O) groups excluding carboxylic acids is 2. The molecule has 0 fully saturated rings. The van der Waals surface area contributed by atoms with E-state index in [0.717, 1.165) is 27.0 Å². The molecule has 2 amide bonds. The zero-order valence-electron chi connectivity index (χ0n) is 19.9. The predicted molar refractivity (Wildman–Crippen MR) is 138 cm³/mol. The van der Waals surface area contributed by atoms with Crippen LogP contribution in [0, 0.1) is 12.7 Å². The van der Waals surface area contributed by atoms with Crippen LogP contribution in [0.25, 0.3) is 21.3 Å². The number of fused-ring (bicyclic) bond motifs is 1. The average Bonchev–Trinajstić information content (AvgIpc) is 3.41. The Balaban J connectivity index is 1.27. The molecule has 3 N–H and O–H groups in total. The Morgan fingerprint density at radius 3 is 2.73 bits per heavy atom. The summed E-state index contributed by atoms with van der Waals surface area (Å²) in [5.41, 5.74) is 9.49. The third-order valence-electron chi connectivity index (χ3n) is 5.59. The van der Waals surface area contributed by atoms with E-state index in [0.29, 0.717) is 10.7 Å². The number of primary amides is 1. The zero-order chi connectivity index (χ0) is 26.1. The number of hydrogen-bond acceptors (Lipinski definition) is 7. The number of nitrogens with one attached hydrogen (secondary N) is 1. The molecule has 5 aromatic rings. The smallest absolute Gasteiger partial charge is 0.254 e. The third-order valence-corrected chi connectivity index (χ3v) is 6.54. The fourth-order valence-electron chi connectivity index (χ4n) is 3.89. The van der Waals surface area contributed by atoms with Crippen LogP contribution in [0.15, 0.2) is 61.1 Å². The highest BCUT2D eigenvalue weighted by molar-refractivity contribution is 7.22. The summed E-state index contributed by atoms with van der Waals surface area (Å²) in [6.07, 6.45) is 4.54. The lowest BCUT2D eigenvalue weighted by Gasteiger charge is -2.10. The number of carbonyl (C=O) groups is 2. The summed E-state index contributed by atoms with van der Waals surface area (Å²) in [5.74, 6) is -1.78. The quantitative estimate of drug-likeness (QED) is 0.325. The summed E-state index contributed by atoms with van der Waals surface area (Å²) in [6.45, 7) is 1.95. The summed E-state index contributed by atoms with van der Waals surface area (Å²) < 4.78 is 22.9. The molecule has 186 valence electrons. The fourth-order valence-corrected chi connectivity index (χ4v) is 4.75. The summed E-state index contributed by atoms with van der Waals surface area (Å²) in [7, 11) is 1.87. The number of amides is 2. The Kier molecular flexibility index (Phi) is 6.36. The molecule has 0 spiro atoms. The maximum Gasteiger partial charge on any atom is 0.254 e. The molecule has 9 nitrogen and oxygen atoms in total. The van der Waals surface area contributed by atoms with Gasteiger partial charge in [0.15, 0.2) is 16.7 Å². The number of hydrogen-bond donors (Lipinski definition) is 2. The highest BCUT2D eigenvalue weighted by Crippen LogP contribution is 2.32. The summed E-state index contributed by atoms with van der Waals surface area (Å²) in [5, 5.41) is 7.63. The first-order valence-corrected chi connectivity index (χ1v) is 12.0. The molecule has 0 aliphatic carbocycles. The van der Waals surface area contributed by atoms with E-state index in [2.05, 4.69) is 20.4 Å². The third kappa shape index (κ3) is 5.16. The molecule has 0 atom stereocenters. The van der Waals surface area contributed by atoms with E-state index in [-0.39, 0.29) is 29.4 Å². The van der Waals surface area contributed by atoms with Crippen molar-refractivity contribution in [2.45, 2.75) is 13.3 Å². The van der Waals surface area contributed by atoms with Gasteiger partial charge >= 0.3 is 0 Å². The molecule has 3 heterocycles. The Hall–Kier alpha value is -4.64. The lowest BCUT2D eigenvalue weighted by atomic mass is 10.1. The minimum Gasteiger partial charge on any atom is -0.453 e. The second-order valence-corrected chi connectivity index (χ2v) is 9.36. The molecule has 0 saturated carbocycles. The van der Waals surface area contributed by atoms with Crippen molar-refractivity contribution in [3.05, 3.63) is 83.7 Å². The second-order valence-electron chi connectivity index (χ2n) is 8.33. The Morgan fingerprint density at radius 2 is 2.00 bits per heavy atom. The summed E-state index contributed by atoms with van der Waals surface area (Å²) in [6, 6.07) is 11.5. The second kappa shape index (κ2) is 9.78. The molecule has 3 aromatic heterocycles. The topological polar surface area (TPSA) is 125 Å². The minimum absolute atomic E-state index is 0.0314. The van der Waals surface area contributed by atoms with Crippen molar-refractivity contribution in [2.75, 3.05) is 5.32 Å². The van der Waals surface area contributed by atoms with Crippen LogP contribution in [0.1, 0.15) is 21.6 Å². The van der Waals surface area contributed by atoms with Gasteiger partial charge in [-0.25, -0.2) is 9.37 Å². The first kappa shape index (κ1) is 24.1. The van der Waals surface area contributed by atoms with Crippen molar-refractivity contribution >= 4 is 38.5 Å². The van der Waals surface area contributed by atoms with Gasteiger partial charge in [0, 0.05) is 31.2 Å². The number of ether oxygens (including phenoxy) is 1. The number of pyridine rings is 1. The van der Waals surface area contributed by atoms with E-state index < -0.39 is 11.7 Å². The number of anilines is 1. The van der Waals surface area contributed by atoms with Gasteiger partial charge in [-0.2, -0.15) is 5.10 Å². The highest BCUT2D eigenvalue weighted by Gasteiger charge is 2.15. The fraction of sp³-hybridized carbons (Fsp3) is 0.115. The van der Waals surface area contributed by atoms with E-state index in [1.54, 1.807) is 10.7 Å². The lowest BCUT2D eigenvalue weighted by Crippen LogP contribution is -2.14. The molecule has 0 aliphatic heterocycles. The van der Waals surface area contributed by atoms with Crippen LogP contribution in [0.4, 0.5) is 9.52 Å². The molecule has 5 rings (SSSR count). The molecule has 11 heteroatoms. The van der Waals surface area contributed by atoms with Crippen LogP contribution >= 0.6 is 11.3 Å². The van der Waals surface area contributed by atoms with Crippen molar-refractivity contribution in [3.8, 4) is 22.6 Å². The molecule has 0 radical (unpaired) electrons. The Morgan fingerprint density at radius 1 is 1.16 bits per heavy atom. The predicted octanol–water partition coefficient (Wildman–Crippen LogP) is 4.61. The van der Waals surface area contributed by atoms with Gasteiger partial charge in [-0.15, -0.1) is 0 Å². The number of nitrogens with two attached hydrogens (primary N) is 1. The number of benzene rings is 2. The van der Waals surface area contributed by atoms with E-state index in [4.69, 9.17) is 10.5 Å². The van der Waals surface area contributed by atoms with E-state index in [1.807, 2.05) is 38.4 Å². The van der Waals surface area contributed by atoms with Gasteiger partial charge in [-0.1, -0.05) is 23.5 Å². The number of halogens is 1. The monoisotopic (exact) mass is 516 g/mol. The van der Waals surface area contributed by atoms with Gasteiger partial charge in [0.1, 0.15) is 11.3 Å². The van der Waals surface area contributed by atoms with Gasteiger partial charge in [0.25, 0.3) is 5.91 Å². The molecular formula is C26H21FN6O3S. The molecule has 0 bridgehead atoms. The van der Waals surface area contributed by atoms with Gasteiger partial charge < -0.3 is 15.8 Å². The molecular weight excluding hydrogens is 495 g/mol.